The molecule has 2 fully saturated rings. The Balaban J connectivity index is 1.20. The maximum absolute atomic E-state index is 13.4. The van der Waals surface area contributed by atoms with E-state index in [0.29, 0.717) is 56.4 Å². The largest absolute Gasteiger partial charge is 0.352 e. The molecule has 31 heavy (non-hydrogen) atoms. The first-order valence-electron chi connectivity index (χ1n) is 11.1. The lowest BCUT2D eigenvalue weighted by molar-refractivity contribution is -0.118. The van der Waals surface area contributed by atoms with Crippen molar-refractivity contribution in [3.8, 4) is 0 Å². The quantitative estimate of drug-likeness (QED) is 0.721. The Morgan fingerprint density at radius 2 is 1.61 bits per heavy atom. The van der Waals surface area contributed by atoms with Gasteiger partial charge in [0.1, 0.15) is 0 Å². The first-order valence-corrected chi connectivity index (χ1v) is 12.5. The zero-order chi connectivity index (χ0) is 21.2. The maximum atomic E-state index is 13.4. The highest BCUT2D eigenvalue weighted by Crippen LogP contribution is 2.40. The van der Waals surface area contributed by atoms with Crippen molar-refractivity contribution < 1.29 is 13.2 Å². The number of rotatable bonds is 4. The minimum atomic E-state index is -3.57. The molecule has 1 saturated heterocycles. The number of carbonyl (C=O) groups excluding carboxylic acids is 1. The van der Waals surface area contributed by atoms with Crippen molar-refractivity contribution in [2.75, 3.05) is 42.5 Å². The van der Waals surface area contributed by atoms with Crippen LogP contribution in [0.25, 0.3) is 0 Å². The summed E-state index contributed by atoms with van der Waals surface area (Å²) in [6.07, 6.45) is 4.19. The second-order valence-corrected chi connectivity index (χ2v) is 10.8. The number of aryl methyl sites for hydroxylation is 1. The Morgan fingerprint density at radius 3 is 2.29 bits per heavy atom. The summed E-state index contributed by atoms with van der Waals surface area (Å²) in [5.74, 6) is 1.53. The molecule has 9 heteroatoms. The molecule has 1 amide bonds. The monoisotopic (exact) mass is 439 g/mol. The van der Waals surface area contributed by atoms with Crippen molar-refractivity contribution in [1.82, 2.24) is 14.5 Å². The summed E-state index contributed by atoms with van der Waals surface area (Å²) in [6.45, 7) is 2.69. The van der Waals surface area contributed by atoms with Gasteiger partial charge in [0, 0.05) is 45.1 Å². The second kappa shape index (κ2) is 7.00. The normalized spacial score (nSPS) is 21.5. The average Bonchev–Trinajstić information content (AvgIpc) is 3.56. The van der Waals surface area contributed by atoms with Crippen LogP contribution < -0.4 is 9.80 Å². The Hall–Kier alpha value is -2.52. The van der Waals surface area contributed by atoms with E-state index in [2.05, 4.69) is 15.1 Å². The first-order chi connectivity index (χ1) is 15.0. The third-order valence-electron chi connectivity index (χ3n) is 6.89. The van der Waals surface area contributed by atoms with E-state index >= 15 is 0 Å². The number of anilines is 2. The minimum Gasteiger partial charge on any atom is -0.352 e. The molecule has 1 saturated carbocycles. The molecular formula is C22H25N5O3S. The van der Waals surface area contributed by atoms with Crippen molar-refractivity contribution in [2.45, 2.75) is 42.9 Å². The van der Waals surface area contributed by atoms with Gasteiger partial charge in [-0.05, 0) is 61.1 Å². The van der Waals surface area contributed by atoms with Crippen LogP contribution in [0.4, 0.5) is 11.5 Å². The van der Waals surface area contributed by atoms with Gasteiger partial charge in [-0.3, -0.25) is 4.79 Å². The highest BCUT2D eigenvalue weighted by atomic mass is 32.2. The van der Waals surface area contributed by atoms with Crippen molar-refractivity contribution in [1.29, 1.82) is 0 Å². The van der Waals surface area contributed by atoms with Crippen LogP contribution in [0, 0.1) is 0 Å². The van der Waals surface area contributed by atoms with Crippen molar-refractivity contribution >= 4 is 27.4 Å². The van der Waals surface area contributed by atoms with E-state index in [1.54, 1.807) is 16.4 Å². The van der Waals surface area contributed by atoms with Crippen LogP contribution in [0.3, 0.4) is 0 Å². The standard InChI is InChI=1S/C22H25N5O3S/c28-21-6-3-16-13-18(14-17-7-8-27(21)22(16)17)31(29,30)26-11-9-25(10-12-26)20-5-4-19(23-24-20)15-1-2-15/h4-5,13-15H,1-3,6-12H2. The van der Waals surface area contributed by atoms with Gasteiger partial charge >= 0.3 is 0 Å². The van der Waals surface area contributed by atoms with E-state index in [1.165, 1.54) is 12.8 Å². The molecule has 1 aromatic carbocycles. The van der Waals surface area contributed by atoms with Gasteiger partial charge in [0.05, 0.1) is 16.3 Å². The lowest BCUT2D eigenvalue weighted by Gasteiger charge is -2.34. The Kier molecular flexibility index (Phi) is 4.33. The number of sulfonamides is 1. The highest BCUT2D eigenvalue weighted by molar-refractivity contribution is 7.89. The molecule has 0 atom stereocenters. The summed E-state index contributed by atoms with van der Waals surface area (Å²) in [7, 11) is -3.57. The molecule has 0 bridgehead atoms. The smallest absolute Gasteiger partial charge is 0.243 e. The summed E-state index contributed by atoms with van der Waals surface area (Å²) in [5.41, 5.74) is 3.98. The maximum Gasteiger partial charge on any atom is 0.243 e. The molecule has 1 aromatic heterocycles. The summed E-state index contributed by atoms with van der Waals surface area (Å²) >= 11 is 0. The van der Waals surface area contributed by atoms with Crippen LogP contribution in [0.2, 0.25) is 0 Å². The van der Waals surface area contributed by atoms with E-state index < -0.39 is 10.0 Å². The molecule has 4 heterocycles. The van der Waals surface area contributed by atoms with Gasteiger partial charge in [-0.25, -0.2) is 8.42 Å². The molecule has 6 rings (SSSR count). The van der Waals surface area contributed by atoms with Crippen LogP contribution >= 0.6 is 0 Å². The number of benzene rings is 1. The fourth-order valence-corrected chi connectivity index (χ4v) is 6.51. The molecule has 1 aliphatic carbocycles. The number of aromatic nitrogens is 2. The number of amides is 1. The highest BCUT2D eigenvalue weighted by Gasteiger charge is 2.35. The molecule has 2 aromatic rings. The molecule has 162 valence electrons. The molecule has 0 spiro atoms. The number of hydrogen-bond donors (Lipinski definition) is 0. The van der Waals surface area contributed by atoms with Gasteiger partial charge < -0.3 is 9.80 Å². The predicted octanol–water partition coefficient (Wildman–Crippen LogP) is 1.70. The summed E-state index contributed by atoms with van der Waals surface area (Å²) in [6, 6.07) is 7.62. The van der Waals surface area contributed by atoms with Crippen molar-refractivity contribution in [2.24, 2.45) is 0 Å². The lowest BCUT2D eigenvalue weighted by atomic mass is 10.00. The lowest BCUT2D eigenvalue weighted by Crippen LogP contribution is -2.49. The van der Waals surface area contributed by atoms with Gasteiger partial charge in [0.2, 0.25) is 15.9 Å². The van der Waals surface area contributed by atoms with Crippen LogP contribution in [0.5, 0.6) is 0 Å². The molecule has 8 nitrogen and oxygen atoms in total. The topological polar surface area (TPSA) is 86.7 Å². The summed E-state index contributed by atoms with van der Waals surface area (Å²) < 4.78 is 28.3. The molecule has 4 aliphatic rings. The number of hydrogen-bond acceptors (Lipinski definition) is 6. The third-order valence-corrected chi connectivity index (χ3v) is 8.77. The summed E-state index contributed by atoms with van der Waals surface area (Å²) in [4.78, 5) is 16.4. The minimum absolute atomic E-state index is 0.145. The van der Waals surface area contributed by atoms with Crippen molar-refractivity contribution in [3.63, 3.8) is 0 Å². The first kappa shape index (κ1) is 19.2. The fourth-order valence-electron chi connectivity index (χ4n) is 4.98. The van der Waals surface area contributed by atoms with Gasteiger partial charge in [0.15, 0.2) is 5.82 Å². The van der Waals surface area contributed by atoms with E-state index in [1.807, 2.05) is 17.0 Å². The van der Waals surface area contributed by atoms with E-state index in [4.69, 9.17) is 0 Å². The van der Waals surface area contributed by atoms with Crippen LogP contribution in [0.1, 0.15) is 42.0 Å². The average molecular weight is 440 g/mol. The Labute approximate surface area is 181 Å². The van der Waals surface area contributed by atoms with E-state index in [9.17, 15) is 13.2 Å². The Morgan fingerprint density at radius 1 is 0.871 bits per heavy atom. The van der Waals surface area contributed by atoms with Gasteiger partial charge in [0.25, 0.3) is 0 Å². The zero-order valence-corrected chi connectivity index (χ0v) is 18.1. The van der Waals surface area contributed by atoms with Crippen molar-refractivity contribution in [3.05, 3.63) is 41.1 Å². The van der Waals surface area contributed by atoms with Gasteiger partial charge in [-0.15, -0.1) is 5.10 Å². The van der Waals surface area contributed by atoms with Crippen LogP contribution in [-0.4, -0.2) is 61.6 Å². The number of nitrogens with zero attached hydrogens (tertiary/aromatic N) is 5. The fraction of sp³-hybridized carbons (Fsp3) is 0.500. The van der Waals surface area contributed by atoms with Crippen LogP contribution in [0.15, 0.2) is 29.2 Å². The predicted molar refractivity (Wildman–Crippen MR) is 116 cm³/mol. The second-order valence-electron chi connectivity index (χ2n) is 8.87. The molecule has 0 unspecified atom stereocenters. The summed E-state index contributed by atoms with van der Waals surface area (Å²) in [5, 5.41) is 8.72. The third kappa shape index (κ3) is 3.22. The number of piperazine rings is 1. The molecule has 0 N–H and O–H groups in total. The van der Waals surface area contributed by atoms with E-state index in [-0.39, 0.29) is 5.91 Å². The zero-order valence-electron chi connectivity index (χ0n) is 17.3. The molecule has 0 radical (unpaired) electrons. The van der Waals surface area contributed by atoms with Crippen LogP contribution in [-0.2, 0) is 27.7 Å². The molecular weight excluding hydrogens is 414 g/mol. The van der Waals surface area contributed by atoms with Gasteiger partial charge in [-0.1, -0.05) is 0 Å². The number of carbonyl (C=O) groups is 1. The van der Waals surface area contributed by atoms with E-state index in [0.717, 1.165) is 34.7 Å². The van der Waals surface area contributed by atoms with Gasteiger partial charge in [-0.2, -0.15) is 9.40 Å². The SMILES string of the molecule is O=C1CCc2cc(S(=O)(=O)N3CCN(c4ccc(C5CC5)nn4)CC3)cc3c2N1CC3. The molecule has 3 aliphatic heterocycles. The Bertz CT molecular complexity index is 1150.